The molecular weight excluding hydrogens is 480 g/mol. The van der Waals surface area contributed by atoms with Gasteiger partial charge in [-0.2, -0.15) is 0 Å². The van der Waals surface area contributed by atoms with Crippen LogP contribution >= 0.6 is 0 Å². The van der Waals surface area contributed by atoms with Crippen molar-refractivity contribution < 1.29 is 23.9 Å². The number of benzene rings is 2. The molecule has 0 radical (unpaired) electrons. The molecule has 0 unspecified atom stereocenters. The van der Waals surface area contributed by atoms with Gasteiger partial charge in [0.25, 0.3) is 5.91 Å². The lowest BCUT2D eigenvalue weighted by Crippen LogP contribution is -2.23. The number of ether oxygens (including phenoxy) is 1. The summed E-state index contributed by atoms with van der Waals surface area (Å²) in [5.74, 6) is -0.985. The van der Waals surface area contributed by atoms with Gasteiger partial charge in [0.05, 0.1) is 6.61 Å². The summed E-state index contributed by atoms with van der Waals surface area (Å²) in [5, 5.41) is 2.83. The lowest BCUT2D eigenvalue weighted by atomic mass is 9.98. The van der Waals surface area contributed by atoms with E-state index in [0.29, 0.717) is 41.6 Å². The molecule has 0 fully saturated rings. The number of unbranched alkanes of at least 4 members (excludes halogenated alkanes) is 3. The molecule has 1 amide bonds. The summed E-state index contributed by atoms with van der Waals surface area (Å²) < 4.78 is 4.95. The number of hydrogen-bond acceptors (Lipinski definition) is 6. The zero-order valence-corrected chi connectivity index (χ0v) is 22.7. The highest BCUT2D eigenvalue weighted by Gasteiger charge is 2.15. The Morgan fingerprint density at radius 3 is 2.00 bits per heavy atom. The highest BCUT2D eigenvalue weighted by atomic mass is 16.5. The van der Waals surface area contributed by atoms with Crippen molar-refractivity contribution in [2.75, 3.05) is 31.6 Å². The molecule has 2 aromatic carbocycles. The second kappa shape index (κ2) is 17.0. The number of nitrogens with one attached hydrogen (secondary N) is 1. The fourth-order valence-corrected chi connectivity index (χ4v) is 4.06. The number of anilines is 1. The quantitative estimate of drug-likeness (QED) is 0.110. The first-order chi connectivity index (χ1) is 18.4. The van der Waals surface area contributed by atoms with E-state index in [1.807, 2.05) is 6.07 Å². The molecular formula is C31H40N2O5. The van der Waals surface area contributed by atoms with Gasteiger partial charge in [-0.15, -0.1) is 0 Å². The van der Waals surface area contributed by atoms with Gasteiger partial charge in [0.2, 0.25) is 0 Å². The van der Waals surface area contributed by atoms with Crippen LogP contribution in [-0.4, -0.2) is 54.6 Å². The third-order valence-electron chi connectivity index (χ3n) is 6.35. The lowest BCUT2D eigenvalue weighted by molar-refractivity contribution is -0.137. The maximum absolute atomic E-state index is 13.0. The van der Waals surface area contributed by atoms with Crippen LogP contribution < -0.4 is 5.32 Å². The Morgan fingerprint density at radius 2 is 1.42 bits per heavy atom. The minimum atomic E-state index is -0.491. The van der Waals surface area contributed by atoms with Crippen LogP contribution in [0, 0.1) is 0 Å². The second-order valence-electron chi connectivity index (χ2n) is 9.13. The smallest absolute Gasteiger partial charge is 0.330 e. The molecule has 0 bridgehead atoms. The van der Waals surface area contributed by atoms with E-state index in [9.17, 15) is 19.2 Å². The number of Topliss-reactive ketones (excluding diaryl/α,β-unsaturated/α-hetero) is 2. The van der Waals surface area contributed by atoms with Crippen LogP contribution in [0.25, 0.3) is 0 Å². The van der Waals surface area contributed by atoms with Crippen molar-refractivity contribution in [1.29, 1.82) is 0 Å². The van der Waals surface area contributed by atoms with Crippen LogP contribution in [-0.2, 0) is 9.53 Å². The first-order valence-corrected chi connectivity index (χ1v) is 13.5. The summed E-state index contributed by atoms with van der Waals surface area (Å²) in [4.78, 5) is 52.2. The Labute approximate surface area is 226 Å². The van der Waals surface area contributed by atoms with Crippen LogP contribution in [0.5, 0.6) is 0 Å². The number of amides is 1. The minimum Gasteiger partial charge on any atom is -0.463 e. The number of hydrogen-bond donors (Lipinski definition) is 1. The number of carbonyl (C=O) groups excluding carboxylic acids is 4. The van der Waals surface area contributed by atoms with Crippen LogP contribution in [0.1, 0.15) is 89.9 Å². The van der Waals surface area contributed by atoms with Gasteiger partial charge < -0.3 is 15.0 Å². The van der Waals surface area contributed by atoms with Crippen molar-refractivity contribution in [3.05, 3.63) is 77.9 Å². The van der Waals surface area contributed by atoms with E-state index in [2.05, 4.69) is 30.6 Å². The monoisotopic (exact) mass is 520 g/mol. The van der Waals surface area contributed by atoms with E-state index in [-0.39, 0.29) is 30.5 Å². The molecule has 0 atom stereocenters. The number of esters is 1. The van der Waals surface area contributed by atoms with Gasteiger partial charge in [-0.3, -0.25) is 14.4 Å². The van der Waals surface area contributed by atoms with Crippen molar-refractivity contribution in [2.45, 2.75) is 58.8 Å². The number of ketones is 2. The molecule has 0 aromatic heterocycles. The Kier molecular flexibility index (Phi) is 13.7. The number of carbonyl (C=O) groups is 4. The Bertz CT molecular complexity index is 1080. The fraction of sp³-hybridized carbons (Fsp3) is 0.419. The summed E-state index contributed by atoms with van der Waals surface area (Å²) in [7, 11) is 0. The minimum absolute atomic E-state index is 0.0472. The third-order valence-corrected chi connectivity index (χ3v) is 6.35. The molecule has 1 N–H and O–H groups in total. The molecule has 0 spiro atoms. The molecule has 0 heterocycles. The normalized spacial score (nSPS) is 10.7. The van der Waals surface area contributed by atoms with Gasteiger partial charge >= 0.3 is 5.97 Å². The van der Waals surface area contributed by atoms with Gasteiger partial charge in [0.15, 0.2) is 11.6 Å². The molecule has 0 aliphatic heterocycles. The lowest BCUT2D eigenvalue weighted by Gasteiger charge is -2.17. The van der Waals surface area contributed by atoms with Crippen LogP contribution in [0.15, 0.2) is 61.2 Å². The number of rotatable bonds is 18. The summed E-state index contributed by atoms with van der Waals surface area (Å²) in [6, 6.07) is 13.7. The average molecular weight is 521 g/mol. The van der Waals surface area contributed by atoms with Gasteiger partial charge in [0, 0.05) is 41.3 Å². The zero-order valence-electron chi connectivity index (χ0n) is 22.7. The predicted molar refractivity (Wildman–Crippen MR) is 151 cm³/mol. The summed E-state index contributed by atoms with van der Waals surface area (Å²) >= 11 is 0. The molecule has 204 valence electrons. The van der Waals surface area contributed by atoms with E-state index >= 15 is 0 Å². The van der Waals surface area contributed by atoms with E-state index in [4.69, 9.17) is 4.74 Å². The first-order valence-electron chi connectivity index (χ1n) is 13.5. The maximum atomic E-state index is 13.0. The average Bonchev–Trinajstić information content (AvgIpc) is 2.94. The van der Waals surface area contributed by atoms with E-state index < -0.39 is 5.97 Å². The molecule has 2 rings (SSSR count). The summed E-state index contributed by atoms with van der Waals surface area (Å²) in [6.07, 6.45) is 5.55. The molecule has 0 saturated carbocycles. The van der Waals surface area contributed by atoms with Crippen molar-refractivity contribution in [3.63, 3.8) is 0 Å². The molecule has 2 aromatic rings. The molecule has 7 heteroatoms. The third kappa shape index (κ3) is 10.8. The van der Waals surface area contributed by atoms with Gasteiger partial charge in [-0.05, 0) is 75.6 Å². The Morgan fingerprint density at radius 1 is 0.816 bits per heavy atom. The van der Waals surface area contributed by atoms with Crippen LogP contribution in [0.3, 0.4) is 0 Å². The predicted octanol–water partition coefficient (Wildman–Crippen LogP) is 6.11. The van der Waals surface area contributed by atoms with Gasteiger partial charge in [-0.25, -0.2) is 4.79 Å². The molecule has 7 nitrogen and oxygen atoms in total. The van der Waals surface area contributed by atoms with Gasteiger partial charge in [-0.1, -0.05) is 45.0 Å². The van der Waals surface area contributed by atoms with Crippen molar-refractivity contribution in [1.82, 2.24) is 4.90 Å². The van der Waals surface area contributed by atoms with E-state index in [0.717, 1.165) is 45.0 Å². The van der Waals surface area contributed by atoms with Crippen LogP contribution in [0.2, 0.25) is 0 Å². The molecule has 38 heavy (non-hydrogen) atoms. The highest BCUT2D eigenvalue weighted by Crippen LogP contribution is 2.21. The highest BCUT2D eigenvalue weighted by molar-refractivity contribution is 6.07. The van der Waals surface area contributed by atoms with Gasteiger partial charge in [0.1, 0.15) is 0 Å². The van der Waals surface area contributed by atoms with Crippen molar-refractivity contribution in [3.8, 4) is 0 Å². The Hall–Kier alpha value is -3.58. The molecule has 0 aliphatic rings. The maximum Gasteiger partial charge on any atom is 0.330 e. The molecule has 0 saturated heterocycles. The second-order valence-corrected chi connectivity index (χ2v) is 9.13. The van der Waals surface area contributed by atoms with E-state index in [1.165, 1.54) is 0 Å². The van der Waals surface area contributed by atoms with Crippen LogP contribution in [0.4, 0.5) is 5.69 Å². The zero-order chi connectivity index (χ0) is 27.8. The first kappa shape index (κ1) is 30.6. The largest absolute Gasteiger partial charge is 0.463 e. The van der Waals surface area contributed by atoms with Crippen molar-refractivity contribution in [2.24, 2.45) is 0 Å². The van der Waals surface area contributed by atoms with Crippen molar-refractivity contribution >= 4 is 29.1 Å². The summed E-state index contributed by atoms with van der Waals surface area (Å²) in [5.41, 5.74) is 1.69. The topological polar surface area (TPSA) is 92.8 Å². The standard InChI is InChI=1S/C31H40N2O5/c1-4-30(36)38-20-14-12-18-29(35)26-21-25(28(34)17-11-8-13-19-33(5-2)6-3)22-27(23-26)32-31(37)24-15-9-7-10-16-24/h4,7,9-10,15-16,21-23H,1,5-6,8,11-14,17-20H2,2-3H3,(H,32,37). The Balaban J connectivity index is 2.07. The SMILES string of the molecule is C=CC(=O)OCCCCC(=O)c1cc(NC(=O)c2ccccc2)cc(C(=O)CCCCCN(CC)CC)c1. The fourth-order valence-electron chi connectivity index (χ4n) is 4.06. The summed E-state index contributed by atoms with van der Waals surface area (Å²) in [6.45, 7) is 10.9. The van der Waals surface area contributed by atoms with E-state index in [1.54, 1.807) is 42.5 Å². The molecule has 0 aliphatic carbocycles. The number of nitrogens with zero attached hydrogens (tertiary/aromatic N) is 1.